The van der Waals surface area contributed by atoms with Crippen LogP contribution in [-0.2, 0) is 39.0 Å². The van der Waals surface area contributed by atoms with Crippen LogP contribution in [0.25, 0.3) is 0 Å². The quantitative estimate of drug-likeness (QED) is 0.112. The second kappa shape index (κ2) is 19.0. The first-order chi connectivity index (χ1) is 26.7. The number of alkyl carbamates (subject to hydrolysis) is 2. The summed E-state index contributed by atoms with van der Waals surface area (Å²) in [5.74, 6) is 0.372. The van der Waals surface area contributed by atoms with Crippen molar-refractivity contribution < 1.29 is 46.1 Å². The molecule has 0 saturated carbocycles. The van der Waals surface area contributed by atoms with E-state index in [4.69, 9.17) is 35.3 Å². The molecule has 0 aliphatic heterocycles. The molecule has 310 valence electrons. The number of anilines is 1. The fraction of sp³-hybridized carbons (Fsp3) is 0.436. The number of rotatable bonds is 16. The number of ether oxygens (including phenoxy) is 5. The fourth-order valence-electron chi connectivity index (χ4n) is 5.41. The molecule has 2 heterocycles. The number of thiazole rings is 1. The molecule has 2 N–H and O–H groups in total. The number of aromatic nitrogens is 2. The molecule has 2 atom stereocenters. The minimum Gasteiger partial charge on any atom is -0.497 e. The second-order valence-electron chi connectivity index (χ2n) is 14.9. The number of nitrogens with zero attached hydrogens (tertiary/aromatic N) is 3. The lowest BCUT2D eigenvalue weighted by Crippen LogP contribution is -2.43. The minimum absolute atomic E-state index is 0.0224. The van der Waals surface area contributed by atoms with E-state index >= 15 is 0 Å². The van der Waals surface area contributed by atoms with E-state index in [2.05, 4.69) is 20.6 Å². The van der Waals surface area contributed by atoms with Crippen LogP contribution >= 0.6 is 22.9 Å². The van der Waals surface area contributed by atoms with Crippen LogP contribution in [0.1, 0.15) is 65.2 Å². The average Bonchev–Trinajstić information content (AvgIpc) is 3.55. The summed E-state index contributed by atoms with van der Waals surface area (Å²) in [5.41, 5.74) is 0.740. The molecular weight excluding hydrogens is 801 g/mol. The lowest BCUT2D eigenvalue weighted by molar-refractivity contribution is 0.0477. The third-order valence-corrected chi connectivity index (χ3v) is 11.1. The van der Waals surface area contributed by atoms with Crippen LogP contribution < -0.4 is 29.1 Å². The lowest BCUT2D eigenvalue weighted by atomic mass is 9.91. The Morgan fingerprint density at radius 1 is 0.912 bits per heavy atom. The highest BCUT2D eigenvalue weighted by Crippen LogP contribution is 2.35. The number of halogens is 2. The highest BCUT2D eigenvalue weighted by molar-refractivity contribution is 7.93. The van der Waals surface area contributed by atoms with Gasteiger partial charge in [0.2, 0.25) is 11.0 Å². The number of nitrogens with one attached hydrogen (secondary N) is 2. The van der Waals surface area contributed by atoms with E-state index in [1.807, 2.05) is 24.3 Å². The first kappa shape index (κ1) is 44.8. The van der Waals surface area contributed by atoms with E-state index in [-0.39, 0.29) is 40.6 Å². The summed E-state index contributed by atoms with van der Waals surface area (Å²) in [5, 5.41) is 4.74. The summed E-state index contributed by atoms with van der Waals surface area (Å²) < 4.78 is 71.2. The SMILES string of the molecule is COc1ccc(CN(c2ncc(F)s2)S(=O)(=O)c2cnc(OC[C@H](Cc3ccccc3CNC(=O)OC(C)(C)C)[C@@H](C)NC(=O)OC(C)(C)C)c(Cl)c2)c(OC)c1. The van der Waals surface area contributed by atoms with E-state index in [1.54, 1.807) is 66.7 Å². The van der Waals surface area contributed by atoms with E-state index in [0.29, 0.717) is 34.8 Å². The highest BCUT2D eigenvalue weighted by atomic mass is 35.5. The molecule has 2 aromatic carbocycles. The van der Waals surface area contributed by atoms with Crippen molar-refractivity contribution in [3.63, 3.8) is 0 Å². The molecule has 0 fully saturated rings. The van der Waals surface area contributed by atoms with Crippen LogP contribution in [0.4, 0.5) is 19.1 Å². The number of benzene rings is 2. The molecule has 0 aliphatic rings. The summed E-state index contributed by atoms with van der Waals surface area (Å²) >= 11 is 7.19. The molecule has 0 saturated heterocycles. The van der Waals surface area contributed by atoms with Gasteiger partial charge in [-0.05, 0) is 84.2 Å². The molecule has 4 aromatic rings. The number of carbonyl (C=O) groups is 2. The van der Waals surface area contributed by atoms with E-state index in [1.165, 1.54) is 20.3 Å². The maximum Gasteiger partial charge on any atom is 0.407 e. The van der Waals surface area contributed by atoms with E-state index < -0.39 is 50.5 Å². The molecule has 0 spiro atoms. The Labute approximate surface area is 342 Å². The number of pyridine rings is 1. The molecule has 0 radical (unpaired) electrons. The Bertz CT molecular complexity index is 2120. The van der Waals surface area contributed by atoms with Gasteiger partial charge in [0.15, 0.2) is 5.13 Å². The van der Waals surface area contributed by atoms with Gasteiger partial charge in [-0.2, -0.15) is 4.39 Å². The van der Waals surface area contributed by atoms with Gasteiger partial charge in [0.05, 0.1) is 39.8 Å². The molecule has 18 heteroatoms. The first-order valence-corrected chi connectivity index (χ1v) is 20.5. The van der Waals surface area contributed by atoms with Gasteiger partial charge in [0.25, 0.3) is 10.0 Å². The van der Waals surface area contributed by atoms with Gasteiger partial charge in [-0.3, -0.25) is 0 Å². The minimum atomic E-state index is -4.43. The molecule has 0 unspecified atom stereocenters. The molecule has 0 bridgehead atoms. The van der Waals surface area contributed by atoms with E-state index in [9.17, 15) is 22.4 Å². The Kier molecular flexibility index (Phi) is 15.0. The van der Waals surface area contributed by atoms with Crippen molar-refractivity contribution >= 4 is 50.3 Å². The number of hydrogen-bond donors (Lipinski definition) is 2. The van der Waals surface area contributed by atoms with Crippen molar-refractivity contribution in [2.75, 3.05) is 25.1 Å². The molecule has 0 aliphatic carbocycles. The maximum atomic E-state index is 14.2. The topological polar surface area (TPSA) is 168 Å². The van der Waals surface area contributed by atoms with Crippen LogP contribution in [0.15, 0.2) is 65.8 Å². The van der Waals surface area contributed by atoms with Gasteiger partial charge in [0.1, 0.15) is 32.6 Å². The number of hydrogen-bond acceptors (Lipinski definition) is 12. The molecular formula is C39H49ClFN5O9S2. The highest BCUT2D eigenvalue weighted by Gasteiger charge is 2.31. The molecule has 57 heavy (non-hydrogen) atoms. The summed E-state index contributed by atoms with van der Waals surface area (Å²) in [6, 6.07) is 13.1. The maximum absolute atomic E-state index is 14.2. The van der Waals surface area contributed by atoms with Crippen LogP contribution in [0, 0.1) is 11.0 Å². The largest absolute Gasteiger partial charge is 0.497 e. The number of sulfonamides is 1. The normalized spacial score (nSPS) is 12.9. The number of methoxy groups -OCH3 is 2. The third kappa shape index (κ3) is 13.1. The van der Waals surface area contributed by atoms with Gasteiger partial charge in [0, 0.05) is 30.1 Å². The number of carbonyl (C=O) groups excluding carboxylic acids is 2. The predicted octanol–water partition coefficient (Wildman–Crippen LogP) is 7.92. The standard InChI is InChI=1S/C39H49ClFN5O9S2/c1-24(45-37(48)55-39(5,6)7)28(16-25-12-10-11-13-26(25)19-44-36(47)54-38(2,3)4)23-53-34-31(40)18-30(20-42-34)57(49,50)46(35-43-21-33(41)56-35)22-27-14-15-29(51-8)17-32(27)52-9/h10-15,17-18,20-21,24,28H,16,19,22-23H2,1-9H3,(H,44,47)(H,45,48)/t24-,28+/m1/s1. The van der Waals surface area contributed by atoms with Crippen molar-refractivity contribution in [2.24, 2.45) is 5.92 Å². The van der Waals surface area contributed by atoms with Crippen molar-refractivity contribution in [3.8, 4) is 17.4 Å². The monoisotopic (exact) mass is 849 g/mol. The van der Waals surface area contributed by atoms with Crippen LogP contribution in [0.3, 0.4) is 0 Å². The molecule has 14 nitrogen and oxygen atoms in total. The fourth-order valence-corrected chi connectivity index (χ4v) is 7.92. The van der Waals surface area contributed by atoms with Crippen molar-refractivity contribution in [1.29, 1.82) is 0 Å². The van der Waals surface area contributed by atoms with Crippen molar-refractivity contribution in [3.05, 3.63) is 87.8 Å². The number of amides is 2. The Morgan fingerprint density at radius 3 is 2.18 bits per heavy atom. The summed E-state index contributed by atoms with van der Waals surface area (Å²) in [6.45, 7) is 12.3. The zero-order valence-electron chi connectivity index (χ0n) is 33.3. The molecule has 4 rings (SSSR count). The van der Waals surface area contributed by atoms with Gasteiger partial charge in [-0.15, -0.1) is 0 Å². The summed E-state index contributed by atoms with van der Waals surface area (Å²) in [4.78, 5) is 33.2. The van der Waals surface area contributed by atoms with Gasteiger partial charge >= 0.3 is 12.2 Å². The van der Waals surface area contributed by atoms with Crippen molar-refractivity contribution in [1.82, 2.24) is 20.6 Å². The summed E-state index contributed by atoms with van der Waals surface area (Å²) in [6.07, 6.45) is 1.21. The Morgan fingerprint density at radius 2 is 1.58 bits per heavy atom. The lowest BCUT2D eigenvalue weighted by Gasteiger charge is -2.28. The third-order valence-electron chi connectivity index (χ3n) is 8.17. The van der Waals surface area contributed by atoms with Crippen LogP contribution in [0.2, 0.25) is 5.02 Å². The van der Waals surface area contributed by atoms with Gasteiger partial charge in [-0.1, -0.05) is 47.2 Å². The zero-order chi connectivity index (χ0) is 42.1. The zero-order valence-corrected chi connectivity index (χ0v) is 35.7. The Hall–Kier alpha value is -4.87. The van der Waals surface area contributed by atoms with Crippen LogP contribution in [-0.4, -0.2) is 68.6 Å². The average molecular weight is 850 g/mol. The smallest absolute Gasteiger partial charge is 0.407 e. The first-order valence-electron chi connectivity index (χ1n) is 17.9. The van der Waals surface area contributed by atoms with Crippen molar-refractivity contribution in [2.45, 2.75) is 90.1 Å². The van der Waals surface area contributed by atoms with Gasteiger partial charge < -0.3 is 34.3 Å². The van der Waals surface area contributed by atoms with Crippen LogP contribution in [0.5, 0.6) is 17.4 Å². The second-order valence-corrected chi connectivity index (χ2v) is 18.2. The summed E-state index contributed by atoms with van der Waals surface area (Å²) in [7, 11) is -1.51. The van der Waals surface area contributed by atoms with Gasteiger partial charge in [-0.25, -0.2) is 32.3 Å². The molecule has 2 amide bonds. The van der Waals surface area contributed by atoms with E-state index in [0.717, 1.165) is 27.8 Å². The Balaban J connectivity index is 1.60. The molecule has 2 aromatic heterocycles. The predicted molar refractivity (Wildman–Crippen MR) is 215 cm³/mol.